The molecule has 0 bridgehead atoms. The van der Waals surface area contributed by atoms with Gasteiger partial charge in [0.1, 0.15) is 5.69 Å². The number of aromatic nitrogens is 2. The largest absolute Gasteiger partial charge is 0.477 e. The monoisotopic (exact) mass is 170 g/mol. The number of hydrogen-bond acceptors (Lipinski definition) is 2. The average Bonchev–Trinajstić information content (AvgIpc) is 2.34. The topological polar surface area (TPSA) is 85.9 Å². The van der Waals surface area contributed by atoms with Gasteiger partial charge in [0.15, 0.2) is 0 Å². The Labute approximate surface area is 68.4 Å². The van der Waals surface area contributed by atoms with Gasteiger partial charge in [0, 0.05) is 0 Å². The number of rotatable bonds is 3. The van der Waals surface area contributed by atoms with Crippen LogP contribution in [0.1, 0.15) is 29.4 Å². The fourth-order valence-electron chi connectivity index (χ4n) is 1.05. The van der Waals surface area contributed by atoms with Crippen molar-refractivity contribution in [3.05, 3.63) is 21.6 Å². The molecule has 0 aromatic carbocycles. The van der Waals surface area contributed by atoms with Crippen LogP contribution >= 0.6 is 0 Å². The molecule has 0 aliphatic rings. The highest BCUT2D eigenvalue weighted by Gasteiger charge is 2.14. The van der Waals surface area contributed by atoms with Crippen LogP contribution in [0.15, 0.2) is 4.79 Å². The molecule has 5 heteroatoms. The molecule has 1 heterocycles. The van der Waals surface area contributed by atoms with Gasteiger partial charge in [0.05, 0.1) is 5.56 Å². The van der Waals surface area contributed by atoms with Gasteiger partial charge in [-0.25, -0.2) is 4.79 Å². The van der Waals surface area contributed by atoms with Crippen molar-refractivity contribution in [2.75, 3.05) is 0 Å². The molecule has 0 aliphatic carbocycles. The van der Waals surface area contributed by atoms with Crippen LogP contribution in [0.2, 0.25) is 0 Å². The van der Waals surface area contributed by atoms with E-state index in [1.165, 1.54) is 0 Å². The summed E-state index contributed by atoms with van der Waals surface area (Å²) in [5.74, 6) is -1.10. The van der Waals surface area contributed by atoms with Crippen molar-refractivity contribution in [1.29, 1.82) is 0 Å². The van der Waals surface area contributed by atoms with Crippen LogP contribution < -0.4 is 5.56 Å². The first kappa shape index (κ1) is 8.58. The Hall–Kier alpha value is -1.52. The predicted octanol–water partition coefficient (Wildman–Crippen LogP) is 0.354. The van der Waals surface area contributed by atoms with Crippen LogP contribution in [0.4, 0.5) is 0 Å². The molecule has 12 heavy (non-hydrogen) atoms. The van der Waals surface area contributed by atoms with Gasteiger partial charge < -0.3 is 5.11 Å². The van der Waals surface area contributed by atoms with Crippen LogP contribution in [-0.4, -0.2) is 21.3 Å². The quantitative estimate of drug-likeness (QED) is 0.611. The second-order valence-electron chi connectivity index (χ2n) is 2.49. The smallest absolute Gasteiger partial charge is 0.354 e. The fourth-order valence-corrected chi connectivity index (χ4v) is 1.05. The number of carbonyl (C=O) groups is 1. The lowest BCUT2D eigenvalue weighted by molar-refractivity contribution is 0.0689. The van der Waals surface area contributed by atoms with E-state index in [2.05, 4.69) is 10.2 Å². The van der Waals surface area contributed by atoms with Gasteiger partial charge in [-0.15, -0.1) is 0 Å². The lowest BCUT2D eigenvalue weighted by Gasteiger charge is -1.92. The Morgan fingerprint density at radius 3 is 2.67 bits per heavy atom. The van der Waals surface area contributed by atoms with Gasteiger partial charge in [-0.2, -0.15) is 0 Å². The lowest BCUT2D eigenvalue weighted by atomic mass is 10.1. The highest BCUT2D eigenvalue weighted by molar-refractivity contribution is 5.86. The summed E-state index contributed by atoms with van der Waals surface area (Å²) in [6.45, 7) is 1.89. The first-order valence-electron chi connectivity index (χ1n) is 3.69. The Morgan fingerprint density at radius 1 is 1.50 bits per heavy atom. The van der Waals surface area contributed by atoms with E-state index < -0.39 is 5.97 Å². The summed E-state index contributed by atoms with van der Waals surface area (Å²) in [4.78, 5) is 21.5. The minimum absolute atomic E-state index is 0.0261. The Balaban J connectivity index is 3.12. The summed E-state index contributed by atoms with van der Waals surface area (Å²) in [5, 5.41) is 13.2. The molecule has 0 fully saturated rings. The third kappa shape index (κ3) is 1.39. The third-order valence-electron chi connectivity index (χ3n) is 1.59. The number of H-pyrrole nitrogens is 2. The van der Waals surface area contributed by atoms with Gasteiger partial charge >= 0.3 is 5.97 Å². The van der Waals surface area contributed by atoms with Gasteiger partial charge in [0.2, 0.25) is 0 Å². The molecule has 0 saturated heterocycles. The molecule has 0 atom stereocenters. The van der Waals surface area contributed by atoms with Gasteiger partial charge in [0.25, 0.3) is 5.56 Å². The molecule has 0 spiro atoms. The normalized spacial score (nSPS) is 10.1. The summed E-state index contributed by atoms with van der Waals surface area (Å²) >= 11 is 0. The summed E-state index contributed by atoms with van der Waals surface area (Å²) in [6, 6.07) is 0. The Bertz CT molecular complexity index is 337. The summed E-state index contributed by atoms with van der Waals surface area (Å²) in [5.41, 5.74) is -0.0406. The number of aromatic carboxylic acids is 1. The number of hydrogen-bond donors (Lipinski definition) is 3. The molecule has 0 aliphatic heterocycles. The van der Waals surface area contributed by atoms with Crippen LogP contribution in [0, 0.1) is 0 Å². The van der Waals surface area contributed by atoms with E-state index >= 15 is 0 Å². The zero-order chi connectivity index (χ0) is 9.14. The highest BCUT2D eigenvalue weighted by atomic mass is 16.4. The SMILES string of the molecule is CCCc1c(C(=O)O)[nH][nH]c1=O. The maximum atomic E-state index is 11.0. The summed E-state index contributed by atoms with van der Waals surface area (Å²) < 4.78 is 0. The fraction of sp³-hybridized carbons (Fsp3) is 0.429. The summed E-state index contributed by atoms with van der Waals surface area (Å²) in [7, 11) is 0. The van der Waals surface area contributed by atoms with Crippen molar-refractivity contribution in [1.82, 2.24) is 10.2 Å². The van der Waals surface area contributed by atoms with Gasteiger partial charge in [-0.1, -0.05) is 13.3 Å². The Morgan fingerprint density at radius 2 is 2.17 bits per heavy atom. The molecule has 5 nitrogen and oxygen atoms in total. The lowest BCUT2D eigenvalue weighted by Crippen LogP contribution is -2.08. The maximum absolute atomic E-state index is 11.0. The molecule has 3 N–H and O–H groups in total. The third-order valence-corrected chi connectivity index (χ3v) is 1.59. The van der Waals surface area contributed by atoms with E-state index in [0.717, 1.165) is 6.42 Å². The Kier molecular flexibility index (Phi) is 2.32. The number of nitrogens with one attached hydrogen (secondary N) is 2. The minimum Gasteiger partial charge on any atom is -0.477 e. The molecule has 0 unspecified atom stereocenters. The van der Waals surface area contributed by atoms with E-state index in [0.29, 0.717) is 12.0 Å². The number of aromatic amines is 2. The van der Waals surface area contributed by atoms with E-state index in [9.17, 15) is 9.59 Å². The molecule has 1 aromatic heterocycles. The highest BCUT2D eigenvalue weighted by Crippen LogP contribution is 2.01. The van der Waals surface area contributed by atoms with Crippen molar-refractivity contribution in [2.24, 2.45) is 0 Å². The van der Waals surface area contributed by atoms with Crippen molar-refractivity contribution in [3.63, 3.8) is 0 Å². The zero-order valence-electron chi connectivity index (χ0n) is 6.68. The number of carboxylic acid groups (broad SMARTS) is 1. The molecular weight excluding hydrogens is 160 g/mol. The van der Waals surface area contributed by atoms with Crippen LogP contribution in [0.25, 0.3) is 0 Å². The summed E-state index contributed by atoms with van der Waals surface area (Å²) in [6.07, 6.45) is 1.24. The van der Waals surface area contributed by atoms with E-state index in [4.69, 9.17) is 5.11 Å². The predicted molar refractivity (Wildman–Crippen MR) is 42.4 cm³/mol. The minimum atomic E-state index is -1.10. The second-order valence-corrected chi connectivity index (χ2v) is 2.49. The molecule has 0 saturated carbocycles. The maximum Gasteiger partial charge on any atom is 0.354 e. The molecular formula is C7H10N2O3. The average molecular weight is 170 g/mol. The molecule has 66 valence electrons. The van der Waals surface area contributed by atoms with Crippen LogP contribution in [0.3, 0.4) is 0 Å². The van der Waals surface area contributed by atoms with Gasteiger partial charge in [-0.3, -0.25) is 15.0 Å². The standard InChI is InChI=1S/C7H10N2O3/c1-2-3-4-5(7(11)12)8-9-6(4)10/h2-3H2,1H3,(H,11,12)(H2,8,9,10). The van der Waals surface area contributed by atoms with Crippen molar-refractivity contribution >= 4 is 5.97 Å². The molecule has 0 amide bonds. The first-order valence-corrected chi connectivity index (χ1v) is 3.69. The second kappa shape index (κ2) is 3.25. The first-order chi connectivity index (χ1) is 5.66. The van der Waals surface area contributed by atoms with Crippen molar-refractivity contribution < 1.29 is 9.90 Å². The van der Waals surface area contributed by atoms with Crippen molar-refractivity contribution in [2.45, 2.75) is 19.8 Å². The van der Waals surface area contributed by atoms with Gasteiger partial charge in [-0.05, 0) is 6.42 Å². The van der Waals surface area contributed by atoms with Crippen LogP contribution in [0.5, 0.6) is 0 Å². The van der Waals surface area contributed by atoms with E-state index in [-0.39, 0.29) is 11.3 Å². The number of carboxylic acids is 1. The van der Waals surface area contributed by atoms with Crippen molar-refractivity contribution in [3.8, 4) is 0 Å². The van der Waals surface area contributed by atoms with E-state index in [1.807, 2.05) is 6.92 Å². The van der Waals surface area contributed by atoms with E-state index in [1.54, 1.807) is 0 Å². The molecule has 1 aromatic rings. The molecule has 0 radical (unpaired) electrons. The molecule has 1 rings (SSSR count). The van der Waals surface area contributed by atoms with Crippen LogP contribution in [-0.2, 0) is 6.42 Å². The zero-order valence-corrected chi connectivity index (χ0v) is 6.68.